The zero-order valence-corrected chi connectivity index (χ0v) is 14.4. The smallest absolute Gasteiger partial charge is 0.288 e. The lowest BCUT2D eigenvalue weighted by Crippen LogP contribution is -2.43. The van der Waals surface area contributed by atoms with E-state index in [2.05, 4.69) is 5.43 Å². The van der Waals surface area contributed by atoms with Crippen LogP contribution < -0.4 is 5.43 Å². The van der Waals surface area contributed by atoms with Gasteiger partial charge in [-0.1, -0.05) is 57.2 Å². The molecule has 1 N–H and O–H groups in total. The lowest BCUT2D eigenvalue weighted by atomic mass is 9.84. The minimum absolute atomic E-state index is 0.0400. The average Bonchev–Trinajstić information content (AvgIpc) is 2.91. The molecule has 0 saturated carbocycles. The van der Waals surface area contributed by atoms with Crippen LogP contribution in [0, 0.1) is 0 Å². The molecule has 134 valence electrons. The average molecular weight is 350 g/mol. The number of amides is 1. The summed E-state index contributed by atoms with van der Waals surface area (Å²) in [7, 11) is 0. The second kappa shape index (κ2) is 6.02. The second-order valence-electron chi connectivity index (χ2n) is 7.46. The van der Waals surface area contributed by atoms with Crippen LogP contribution in [0.3, 0.4) is 0 Å². The summed E-state index contributed by atoms with van der Waals surface area (Å²) in [5.41, 5.74) is 3.31. The first-order chi connectivity index (χ1) is 11.6. The zero-order chi connectivity index (χ0) is 18.4. The molecular weight excluding hydrogens is 329 g/mol. The molecule has 0 aliphatic carbocycles. The second-order valence-corrected chi connectivity index (χ2v) is 7.46. The van der Waals surface area contributed by atoms with Crippen LogP contribution in [0.1, 0.15) is 44.4 Å². The monoisotopic (exact) mass is 350 g/mol. The maximum Gasteiger partial charge on any atom is 0.409 e. The minimum atomic E-state index is -4.50. The molecule has 3 rings (SSSR count). The summed E-state index contributed by atoms with van der Waals surface area (Å²) in [6, 6.07) is 8.71. The van der Waals surface area contributed by atoms with Crippen molar-refractivity contribution in [2.45, 2.75) is 44.8 Å². The molecule has 1 amide bonds. The van der Waals surface area contributed by atoms with Crippen molar-refractivity contribution < 1.29 is 18.0 Å². The maximum atomic E-state index is 13.9. The molecule has 1 saturated heterocycles. The zero-order valence-electron chi connectivity index (χ0n) is 14.4. The van der Waals surface area contributed by atoms with Crippen LogP contribution in [-0.2, 0) is 10.2 Å². The Morgan fingerprint density at radius 2 is 1.84 bits per heavy atom. The molecule has 1 aliphatic heterocycles. The number of nitrogens with zero attached hydrogens (tertiary/aromatic N) is 1. The molecule has 0 unspecified atom stereocenters. The number of rotatable bonds is 2. The van der Waals surface area contributed by atoms with E-state index in [4.69, 9.17) is 0 Å². The highest BCUT2D eigenvalue weighted by atomic mass is 19.4. The molecule has 0 bridgehead atoms. The normalized spacial score (nSPS) is 17.8. The van der Waals surface area contributed by atoms with Crippen LogP contribution in [0.5, 0.6) is 0 Å². The van der Waals surface area contributed by atoms with Gasteiger partial charge in [0.25, 0.3) is 0 Å². The van der Waals surface area contributed by atoms with Gasteiger partial charge >= 0.3 is 6.18 Å². The number of halogens is 3. The minimum Gasteiger partial charge on any atom is -0.288 e. The molecule has 2 aromatic rings. The first-order valence-corrected chi connectivity index (χ1v) is 8.23. The van der Waals surface area contributed by atoms with Gasteiger partial charge in [-0.05, 0) is 27.3 Å². The number of alkyl halides is 3. The van der Waals surface area contributed by atoms with Crippen molar-refractivity contribution in [2.24, 2.45) is 0 Å². The Bertz CT molecular complexity index is 808. The van der Waals surface area contributed by atoms with Crippen LogP contribution in [0.2, 0.25) is 0 Å². The Labute approximate surface area is 144 Å². The molecule has 3 nitrogen and oxygen atoms in total. The highest BCUT2D eigenvalue weighted by molar-refractivity contribution is 5.87. The first kappa shape index (κ1) is 17.7. The topological polar surface area (TPSA) is 32.3 Å². The van der Waals surface area contributed by atoms with E-state index in [0.717, 1.165) is 16.0 Å². The number of nitrogens with one attached hydrogen (secondary N) is 1. The Balaban J connectivity index is 2.18. The number of hydrogen-bond acceptors (Lipinski definition) is 2. The molecule has 1 heterocycles. The van der Waals surface area contributed by atoms with E-state index in [1.807, 2.05) is 39.0 Å². The highest BCUT2D eigenvalue weighted by Crippen LogP contribution is 2.41. The van der Waals surface area contributed by atoms with Gasteiger partial charge in [0, 0.05) is 13.0 Å². The van der Waals surface area contributed by atoms with Crippen molar-refractivity contribution in [3.8, 4) is 0 Å². The van der Waals surface area contributed by atoms with Crippen molar-refractivity contribution in [3.05, 3.63) is 47.5 Å². The van der Waals surface area contributed by atoms with E-state index in [9.17, 15) is 18.0 Å². The third-order valence-corrected chi connectivity index (χ3v) is 4.55. The van der Waals surface area contributed by atoms with E-state index in [1.165, 1.54) is 6.07 Å². The van der Waals surface area contributed by atoms with Crippen molar-refractivity contribution in [1.29, 1.82) is 0 Å². The van der Waals surface area contributed by atoms with Gasteiger partial charge in [-0.25, -0.2) is 5.01 Å². The molecule has 0 spiro atoms. The lowest BCUT2D eigenvalue weighted by molar-refractivity contribution is -0.190. The molecule has 25 heavy (non-hydrogen) atoms. The van der Waals surface area contributed by atoms with Crippen molar-refractivity contribution in [3.63, 3.8) is 0 Å². The van der Waals surface area contributed by atoms with E-state index in [1.54, 1.807) is 12.1 Å². The summed E-state index contributed by atoms with van der Waals surface area (Å²) in [6.07, 6.45) is -4.42. The van der Waals surface area contributed by atoms with Crippen molar-refractivity contribution in [2.75, 3.05) is 6.54 Å². The standard InChI is InChI=1S/C19H21F3N2O/c1-18(2,3)13-8-7-12-5-4-6-14(15(12)11-13)17(19(20,21)22)24-10-9-16(25)23-24/h4-8,11,17H,9-10H2,1-3H3,(H,23,25)/t17-/m0/s1. The van der Waals surface area contributed by atoms with Gasteiger partial charge in [-0.15, -0.1) is 0 Å². The quantitative estimate of drug-likeness (QED) is 0.866. The largest absolute Gasteiger partial charge is 0.409 e. The predicted octanol–water partition coefficient (Wildman–Crippen LogP) is 4.48. The van der Waals surface area contributed by atoms with Crippen LogP contribution in [0.25, 0.3) is 10.8 Å². The molecule has 0 radical (unpaired) electrons. The molecule has 6 heteroatoms. The van der Waals surface area contributed by atoms with E-state index >= 15 is 0 Å². The Kier molecular flexibility index (Phi) is 4.27. The van der Waals surface area contributed by atoms with Gasteiger partial charge < -0.3 is 0 Å². The molecule has 2 aromatic carbocycles. The molecule has 0 aromatic heterocycles. The maximum absolute atomic E-state index is 13.9. The Morgan fingerprint density at radius 1 is 1.12 bits per heavy atom. The molecule has 1 fully saturated rings. The summed E-state index contributed by atoms with van der Waals surface area (Å²) in [5, 5.41) is 2.32. The number of fused-ring (bicyclic) bond motifs is 1. The van der Waals surface area contributed by atoms with E-state index in [0.29, 0.717) is 5.39 Å². The fraction of sp³-hybridized carbons (Fsp3) is 0.421. The van der Waals surface area contributed by atoms with Crippen LogP contribution >= 0.6 is 0 Å². The Morgan fingerprint density at radius 3 is 2.40 bits per heavy atom. The van der Waals surface area contributed by atoms with E-state index < -0.39 is 12.2 Å². The van der Waals surface area contributed by atoms with Crippen molar-refractivity contribution >= 4 is 16.7 Å². The summed E-state index contributed by atoms with van der Waals surface area (Å²) >= 11 is 0. The summed E-state index contributed by atoms with van der Waals surface area (Å²) in [4.78, 5) is 11.4. The highest BCUT2D eigenvalue weighted by Gasteiger charge is 2.47. The van der Waals surface area contributed by atoms with Gasteiger partial charge in [0.15, 0.2) is 6.04 Å². The van der Waals surface area contributed by atoms with Crippen LogP contribution in [0.4, 0.5) is 13.2 Å². The van der Waals surface area contributed by atoms with Gasteiger partial charge in [0.05, 0.1) is 0 Å². The molecule has 1 aliphatic rings. The van der Waals surface area contributed by atoms with E-state index in [-0.39, 0.29) is 29.9 Å². The number of carbonyl (C=O) groups is 1. The fourth-order valence-corrected chi connectivity index (χ4v) is 3.21. The lowest BCUT2D eigenvalue weighted by Gasteiger charge is -2.30. The number of carbonyl (C=O) groups excluding carboxylic acids is 1. The predicted molar refractivity (Wildman–Crippen MR) is 90.9 cm³/mol. The van der Waals surface area contributed by atoms with Gasteiger partial charge in [0.1, 0.15) is 0 Å². The summed E-state index contributed by atoms with van der Waals surface area (Å²) < 4.78 is 41.6. The van der Waals surface area contributed by atoms with Gasteiger partial charge in [-0.3, -0.25) is 10.2 Å². The number of benzene rings is 2. The number of hydrogen-bond donors (Lipinski definition) is 1. The van der Waals surface area contributed by atoms with Crippen LogP contribution in [-0.4, -0.2) is 23.6 Å². The number of hydrazine groups is 1. The van der Waals surface area contributed by atoms with Crippen LogP contribution in [0.15, 0.2) is 36.4 Å². The van der Waals surface area contributed by atoms with Crippen molar-refractivity contribution in [1.82, 2.24) is 10.4 Å². The van der Waals surface area contributed by atoms with Gasteiger partial charge in [-0.2, -0.15) is 13.2 Å². The molecular formula is C19H21F3N2O. The first-order valence-electron chi connectivity index (χ1n) is 8.23. The Hall–Kier alpha value is -2.08. The summed E-state index contributed by atoms with van der Waals surface area (Å²) in [6.45, 7) is 6.12. The third kappa shape index (κ3) is 3.49. The third-order valence-electron chi connectivity index (χ3n) is 4.55. The SMILES string of the molecule is CC(C)(C)c1ccc2cccc([C@H](N3CCC(=O)N3)C(F)(F)F)c2c1. The van der Waals surface area contributed by atoms with Gasteiger partial charge in [0.2, 0.25) is 5.91 Å². The molecule has 1 atom stereocenters. The fourth-order valence-electron chi connectivity index (χ4n) is 3.21. The summed E-state index contributed by atoms with van der Waals surface area (Å²) in [5.74, 6) is -0.384.